The van der Waals surface area contributed by atoms with Gasteiger partial charge in [0, 0.05) is 18.7 Å². The zero-order valence-electron chi connectivity index (χ0n) is 11.2. The molecule has 3 rings (SSSR count). The van der Waals surface area contributed by atoms with Crippen LogP contribution < -0.4 is 0 Å². The normalized spacial score (nSPS) is 14.8. The van der Waals surface area contributed by atoms with Gasteiger partial charge in [-0.15, -0.1) is 11.3 Å². The number of hydrogen-bond acceptors (Lipinski definition) is 3. The largest absolute Gasteiger partial charge is 0.338 e. The SMILES string of the molecule is Cc1nc(-c2ccccc2Cl)sc1C(=O)N1CCCC1. The monoisotopic (exact) mass is 306 g/mol. The Bertz CT molecular complexity index is 647. The number of carbonyl (C=O) groups is 1. The molecule has 1 fully saturated rings. The molecule has 1 aliphatic heterocycles. The van der Waals surface area contributed by atoms with E-state index in [1.165, 1.54) is 11.3 Å². The molecule has 1 amide bonds. The predicted octanol–water partition coefficient (Wildman–Crippen LogP) is 4.01. The summed E-state index contributed by atoms with van der Waals surface area (Å²) in [6.07, 6.45) is 2.20. The van der Waals surface area contributed by atoms with E-state index in [4.69, 9.17) is 11.6 Å². The first-order valence-corrected chi connectivity index (χ1v) is 7.88. The van der Waals surface area contributed by atoms with E-state index >= 15 is 0 Å². The summed E-state index contributed by atoms with van der Waals surface area (Å²) in [5, 5.41) is 1.48. The van der Waals surface area contributed by atoms with Crippen LogP contribution in [0.2, 0.25) is 5.02 Å². The highest BCUT2D eigenvalue weighted by Gasteiger charge is 2.24. The molecule has 1 saturated heterocycles. The number of halogens is 1. The molecule has 1 aliphatic rings. The van der Waals surface area contributed by atoms with Gasteiger partial charge in [0.2, 0.25) is 0 Å². The Morgan fingerprint density at radius 3 is 2.70 bits per heavy atom. The molecular weight excluding hydrogens is 292 g/mol. The maximum Gasteiger partial charge on any atom is 0.265 e. The van der Waals surface area contributed by atoms with Crippen LogP contribution in [0.5, 0.6) is 0 Å². The Morgan fingerprint density at radius 2 is 2.00 bits per heavy atom. The van der Waals surface area contributed by atoms with Gasteiger partial charge in [-0.05, 0) is 25.8 Å². The number of nitrogens with zero attached hydrogens (tertiary/aromatic N) is 2. The van der Waals surface area contributed by atoms with E-state index in [1.807, 2.05) is 36.1 Å². The Hall–Kier alpha value is -1.39. The summed E-state index contributed by atoms with van der Waals surface area (Å²) in [4.78, 5) is 19.6. The van der Waals surface area contributed by atoms with Crippen molar-refractivity contribution in [2.75, 3.05) is 13.1 Å². The van der Waals surface area contributed by atoms with Gasteiger partial charge in [-0.2, -0.15) is 0 Å². The van der Waals surface area contributed by atoms with E-state index in [1.54, 1.807) is 0 Å². The first-order valence-electron chi connectivity index (χ1n) is 6.68. The summed E-state index contributed by atoms with van der Waals surface area (Å²) in [5.41, 5.74) is 1.68. The van der Waals surface area contributed by atoms with Crippen molar-refractivity contribution in [1.82, 2.24) is 9.88 Å². The standard InChI is InChI=1S/C15H15ClN2OS/c1-10-13(15(19)18-8-4-5-9-18)20-14(17-10)11-6-2-3-7-12(11)16/h2-3,6-7H,4-5,8-9H2,1H3. The van der Waals surface area contributed by atoms with Crippen molar-refractivity contribution < 1.29 is 4.79 Å². The van der Waals surface area contributed by atoms with Crippen LogP contribution in [0.3, 0.4) is 0 Å². The van der Waals surface area contributed by atoms with Gasteiger partial charge in [-0.25, -0.2) is 4.98 Å². The number of aromatic nitrogens is 1. The molecule has 0 N–H and O–H groups in total. The number of amides is 1. The lowest BCUT2D eigenvalue weighted by Crippen LogP contribution is -2.27. The quantitative estimate of drug-likeness (QED) is 0.840. The molecule has 1 aromatic carbocycles. The van der Waals surface area contributed by atoms with E-state index in [0.717, 1.165) is 47.1 Å². The molecule has 0 spiro atoms. The van der Waals surface area contributed by atoms with Crippen molar-refractivity contribution >= 4 is 28.8 Å². The van der Waals surface area contributed by atoms with Crippen molar-refractivity contribution in [2.24, 2.45) is 0 Å². The van der Waals surface area contributed by atoms with E-state index in [-0.39, 0.29) is 5.91 Å². The van der Waals surface area contributed by atoms with Crippen LogP contribution >= 0.6 is 22.9 Å². The van der Waals surface area contributed by atoms with Gasteiger partial charge in [0.25, 0.3) is 5.91 Å². The minimum atomic E-state index is 0.107. The minimum absolute atomic E-state index is 0.107. The van der Waals surface area contributed by atoms with Crippen LogP contribution in [0, 0.1) is 6.92 Å². The first-order chi connectivity index (χ1) is 9.66. The number of aryl methyl sites for hydroxylation is 1. The minimum Gasteiger partial charge on any atom is -0.338 e. The van der Waals surface area contributed by atoms with Crippen LogP contribution in [0.1, 0.15) is 28.2 Å². The number of rotatable bonds is 2. The second-order valence-electron chi connectivity index (χ2n) is 4.91. The molecule has 5 heteroatoms. The molecule has 0 atom stereocenters. The van der Waals surface area contributed by atoms with Crippen LogP contribution in [0.25, 0.3) is 10.6 Å². The number of thiazole rings is 1. The van der Waals surface area contributed by atoms with Crippen LogP contribution in [0.4, 0.5) is 0 Å². The maximum absolute atomic E-state index is 12.5. The van der Waals surface area contributed by atoms with E-state index in [9.17, 15) is 4.79 Å². The number of likely N-dealkylation sites (tertiary alicyclic amines) is 1. The summed E-state index contributed by atoms with van der Waals surface area (Å²) in [5.74, 6) is 0.107. The molecule has 2 heterocycles. The Labute approximate surface area is 127 Å². The van der Waals surface area contributed by atoms with Crippen molar-refractivity contribution in [3.05, 3.63) is 39.9 Å². The van der Waals surface area contributed by atoms with Gasteiger partial charge in [0.05, 0.1) is 10.7 Å². The Morgan fingerprint density at radius 1 is 1.30 bits per heavy atom. The summed E-state index contributed by atoms with van der Waals surface area (Å²) in [6, 6.07) is 7.60. The second-order valence-corrected chi connectivity index (χ2v) is 6.32. The lowest BCUT2D eigenvalue weighted by molar-refractivity contribution is 0.0796. The highest BCUT2D eigenvalue weighted by atomic mass is 35.5. The molecule has 104 valence electrons. The average molecular weight is 307 g/mol. The fourth-order valence-corrected chi connectivity index (χ4v) is 3.76. The van der Waals surface area contributed by atoms with Crippen molar-refractivity contribution in [3.63, 3.8) is 0 Å². The average Bonchev–Trinajstić information content (AvgIpc) is 3.08. The fraction of sp³-hybridized carbons (Fsp3) is 0.333. The molecule has 0 aliphatic carbocycles. The maximum atomic E-state index is 12.5. The molecule has 1 aromatic heterocycles. The molecule has 0 unspecified atom stereocenters. The first kappa shape index (κ1) is 13.6. The third kappa shape index (κ3) is 2.45. The lowest BCUT2D eigenvalue weighted by Gasteiger charge is -2.13. The van der Waals surface area contributed by atoms with E-state index < -0.39 is 0 Å². The number of hydrogen-bond donors (Lipinski definition) is 0. The molecule has 2 aromatic rings. The van der Waals surface area contributed by atoms with Gasteiger partial charge < -0.3 is 4.90 Å². The van der Waals surface area contributed by atoms with Crippen LogP contribution in [0.15, 0.2) is 24.3 Å². The van der Waals surface area contributed by atoms with E-state index in [2.05, 4.69) is 4.98 Å². The zero-order valence-corrected chi connectivity index (χ0v) is 12.8. The molecule has 3 nitrogen and oxygen atoms in total. The summed E-state index contributed by atoms with van der Waals surface area (Å²) < 4.78 is 0. The van der Waals surface area contributed by atoms with Crippen molar-refractivity contribution in [1.29, 1.82) is 0 Å². The van der Waals surface area contributed by atoms with Crippen molar-refractivity contribution in [3.8, 4) is 10.6 Å². The molecule has 0 bridgehead atoms. The molecule has 20 heavy (non-hydrogen) atoms. The Kier molecular flexibility index (Phi) is 3.76. The van der Waals surface area contributed by atoms with E-state index in [0.29, 0.717) is 5.02 Å². The van der Waals surface area contributed by atoms with Crippen LogP contribution in [-0.2, 0) is 0 Å². The highest BCUT2D eigenvalue weighted by Crippen LogP contribution is 2.33. The zero-order chi connectivity index (χ0) is 14.1. The summed E-state index contributed by atoms with van der Waals surface area (Å²) in [6.45, 7) is 3.61. The van der Waals surface area contributed by atoms with Gasteiger partial charge in [0.1, 0.15) is 9.88 Å². The number of benzene rings is 1. The summed E-state index contributed by atoms with van der Waals surface area (Å²) in [7, 11) is 0. The predicted molar refractivity (Wildman–Crippen MR) is 82.4 cm³/mol. The molecule has 0 saturated carbocycles. The van der Waals surface area contributed by atoms with Crippen molar-refractivity contribution in [2.45, 2.75) is 19.8 Å². The second kappa shape index (κ2) is 5.54. The van der Waals surface area contributed by atoms with Crippen LogP contribution in [-0.4, -0.2) is 28.9 Å². The topological polar surface area (TPSA) is 33.2 Å². The van der Waals surface area contributed by atoms with Gasteiger partial charge in [-0.3, -0.25) is 4.79 Å². The lowest BCUT2D eigenvalue weighted by atomic mass is 10.2. The van der Waals surface area contributed by atoms with Gasteiger partial charge in [0.15, 0.2) is 0 Å². The molecule has 0 radical (unpaired) electrons. The smallest absolute Gasteiger partial charge is 0.265 e. The third-order valence-corrected chi connectivity index (χ3v) is 5.00. The highest BCUT2D eigenvalue weighted by molar-refractivity contribution is 7.17. The summed E-state index contributed by atoms with van der Waals surface area (Å²) >= 11 is 7.63. The third-order valence-electron chi connectivity index (χ3n) is 3.49. The number of carbonyl (C=O) groups excluding carboxylic acids is 1. The van der Waals surface area contributed by atoms with Gasteiger partial charge >= 0.3 is 0 Å². The Balaban J connectivity index is 1.95. The van der Waals surface area contributed by atoms with Gasteiger partial charge in [-0.1, -0.05) is 29.8 Å². The fourth-order valence-electron chi connectivity index (χ4n) is 2.41. The molecular formula is C15H15ClN2OS.